The number of carbonyl (C=O) groups excluding carboxylic acids is 2. The highest BCUT2D eigenvalue weighted by molar-refractivity contribution is 5.92. The quantitative estimate of drug-likeness (QED) is 0.777. The Morgan fingerprint density at radius 3 is 2.52 bits per heavy atom. The van der Waals surface area contributed by atoms with Gasteiger partial charge in [-0.1, -0.05) is 29.8 Å². The van der Waals surface area contributed by atoms with E-state index in [1.807, 2.05) is 4.90 Å². The Balaban J connectivity index is 1.61. The molecule has 0 atom stereocenters. The molecule has 0 saturated carbocycles. The lowest BCUT2D eigenvalue weighted by atomic mass is 9.87. The molecule has 3 rings (SSSR count). The summed E-state index contributed by atoms with van der Waals surface area (Å²) < 4.78 is 1.27. The van der Waals surface area contributed by atoms with Crippen molar-refractivity contribution in [3.8, 4) is 0 Å². The van der Waals surface area contributed by atoms with E-state index in [1.54, 1.807) is 12.3 Å². The summed E-state index contributed by atoms with van der Waals surface area (Å²) in [6.07, 6.45) is 3.38. The minimum Gasteiger partial charge on any atom is -0.323 e. The molecule has 0 unspecified atom stereocenters. The first kappa shape index (κ1) is 19.3. The van der Waals surface area contributed by atoms with Crippen LogP contribution in [0.15, 0.2) is 36.5 Å². The standard InChI is InChI=1S/C21H28N4O2/c1-16-6-5-7-18(14-16)15-23(4)21(3)9-12-24(13-10-21)20(27)25-11-8-19(22-25)17(2)26/h5-8,11,14H,9-10,12-13,15H2,1-4H3. The van der Waals surface area contributed by atoms with Crippen LogP contribution in [0, 0.1) is 6.92 Å². The molecule has 0 bridgehead atoms. The first-order chi connectivity index (χ1) is 12.8. The van der Waals surface area contributed by atoms with Gasteiger partial charge in [-0.15, -0.1) is 0 Å². The lowest BCUT2D eigenvalue weighted by Crippen LogP contribution is -2.53. The summed E-state index contributed by atoms with van der Waals surface area (Å²) in [6.45, 7) is 8.10. The second-order valence-electron chi connectivity index (χ2n) is 7.81. The number of piperidine rings is 1. The highest BCUT2D eigenvalue weighted by Gasteiger charge is 2.35. The second-order valence-corrected chi connectivity index (χ2v) is 7.81. The van der Waals surface area contributed by atoms with Crippen molar-refractivity contribution in [1.29, 1.82) is 0 Å². The molecule has 0 radical (unpaired) electrons. The molecule has 1 aromatic heterocycles. The summed E-state index contributed by atoms with van der Waals surface area (Å²) >= 11 is 0. The topological polar surface area (TPSA) is 58.4 Å². The van der Waals surface area contributed by atoms with Gasteiger partial charge < -0.3 is 4.90 Å². The number of amides is 1. The Hall–Kier alpha value is -2.47. The van der Waals surface area contributed by atoms with Gasteiger partial charge in [0.25, 0.3) is 0 Å². The Labute approximate surface area is 160 Å². The molecule has 1 fully saturated rings. The van der Waals surface area contributed by atoms with Crippen molar-refractivity contribution in [2.45, 2.75) is 45.7 Å². The predicted molar refractivity (Wildman–Crippen MR) is 105 cm³/mol. The molecule has 1 aliphatic rings. The van der Waals surface area contributed by atoms with Gasteiger partial charge in [0.15, 0.2) is 5.78 Å². The number of hydrogen-bond acceptors (Lipinski definition) is 4. The van der Waals surface area contributed by atoms with Gasteiger partial charge in [-0.3, -0.25) is 9.69 Å². The third-order valence-electron chi connectivity index (χ3n) is 5.68. The molecule has 27 heavy (non-hydrogen) atoms. The Morgan fingerprint density at radius 2 is 1.93 bits per heavy atom. The maximum atomic E-state index is 12.6. The number of aryl methyl sites for hydroxylation is 1. The fourth-order valence-electron chi connectivity index (χ4n) is 3.60. The fraction of sp³-hybridized carbons (Fsp3) is 0.476. The molecule has 6 nitrogen and oxygen atoms in total. The Bertz CT molecular complexity index is 834. The van der Waals surface area contributed by atoms with Gasteiger partial charge in [0, 0.05) is 38.3 Å². The summed E-state index contributed by atoms with van der Waals surface area (Å²) in [6, 6.07) is 10.0. The summed E-state index contributed by atoms with van der Waals surface area (Å²) in [7, 11) is 2.16. The van der Waals surface area contributed by atoms with Crippen LogP contribution < -0.4 is 0 Å². The monoisotopic (exact) mass is 368 g/mol. The Kier molecular flexibility index (Phi) is 5.46. The third kappa shape index (κ3) is 4.27. The van der Waals surface area contributed by atoms with Crippen molar-refractivity contribution in [2.75, 3.05) is 20.1 Å². The van der Waals surface area contributed by atoms with E-state index in [2.05, 4.69) is 55.2 Å². The minimum absolute atomic E-state index is 0.0508. The number of Topliss-reactive ketones (excluding diaryl/α,β-unsaturated/α-hetero) is 1. The predicted octanol–water partition coefficient (Wildman–Crippen LogP) is 3.35. The number of hydrogen-bond donors (Lipinski definition) is 0. The van der Waals surface area contributed by atoms with Crippen LogP contribution >= 0.6 is 0 Å². The van der Waals surface area contributed by atoms with E-state index >= 15 is 0 Å². The van der Waals surface area contributed by atoms with Crippen LogP contribution in [-0.2, 0) is 6.54 Å². The van der Waals surface area contributed by atoms with E-state index in [0.717, 1.165) is 19.4 Å². The summed E-state index contributed by atoms with van der Waals surface area (Å²) in [5.74, 6) is -0.134. The first-order valence-electron chi connectivity index (χ1n) is 9.41. The molecule has 1 saturated heterocycles. The molecule has 0 N–H and O–H groups in total. The van der Waals surface area contributed by atoms with Crippen LogP contribution in [0.3, 0.4) is 0 Å². The molecule has 1 aromatic carbocycles. The normalized spacial score (nSPS) is 16.6. The van der Waals surface area contributed by atoms with Crippen LogP contribution in [0.25, 0.3) is 0 Å². The number of nitrogens with zero attached hydrogens (tertiary/aromatic N) is 4. The van der Waals surface area contributed by atoms with E-state index in [9.17, 15) is 9.59 Å². The average Bonchev–Trinajstić information content (AvgIpc) is 3.12. The summed E-state index contributed by atoms with van der Waals surface area (Å²) in [5, 5.41) is 4.09. The van der Waals surface area contributed by atoms with Crippen LogP contribution in [0.4, 0.5) is 4.79 Å². The molecule has 0 aliphatic carbocycles. The maximum Gasteiger partial charge on any atom is 0.344 e. The van der Waals surface area contributed by atoms with Gasteiger partial charge in [-0.05, 0) is 45.4 Å². The zero-order chi connectivity index (χ0) is 19.6. The number of rotatable bonds is 4. The number of likely N-dealkylation sites (tertiary alicyclic amines) is 1. The van der Waals surface area contributed by atoms with Crippen molar-refractivity contribution in [2.24, 2.45) is 0 Å². The second kappa shape index (κ2) is 7.64. The van der Waals surface area contributed by atoms with E-state index in [1.165, 1.54) is 22.7 Å². The lowest BCUT2D eigenvalue weighted by Gasteiger charge is -2.45. The molecule has 1 aliphatic heterocycles. The number of benzene rings is 1. The molecule has 144 valence electrons. The largest absolute Gasteiger partial charge is 0.344 e. The molecule has 2 heterocycles. The zero-order valence-electron chi connectivity index (χ0n) is 16.6. The lowest BCUT2D eigenvalue weighted by molar-refractivity contribution is 0.0585. The molecule has 0 spiro atoms. The van der Waals surface area contributed by atoms with Gasteiger partial charge in [0.1, 0.15) is 5.69 Å². The van der Waals surface area contributed by atoms with Gasteiger partial charge in [0.05, 0.1) is 0 Å². The Morgan fingerprint density at radius 1 is 1.22 bits per heavy atom. The van der Waals surface area contributed by atoms with Crippen LogP contribution in [-0.4, -0.2) is 57.1 Å². The molecule has 1 amide bonds. The smallest absolute Gasteiger partial charge is 0.323 e. The highest BCUT2D eigenvalue weighted by Crippen LogP contribution is 2.29. The van der Waals surface area contributed by atoms with Gasteiger partial charge >= 0.3 is 6.03 Å². The van der Waals surface area contributed by atoms with E-state index < -0.39 is 0 Å². The molecule has 6 heteroatoms. The van der Waals surface area contributed by atoms with Crippen LogP contribution in [0.1, 0.15) is 48.3 Å². The van der Waals surface area contributed by atoms with E-state index in [-0.39, 0.29) is 17.4 Å². The summed E-state index contributed by atoms with van der Waals surface area (Å²) in [4.78, 5) is 28.2. The molecular weight excluding hydrogens is 340 g/mol. The highest BCUT2D eigenvalue weighted by atomic mass is 16.2. The zero-order valence-corrected chi connectivity index (χ0v) is 16.6. The van der Waals surface area contributed by atoms with Crippen LogP contribution in [0.2, 0.25) is 0 Å². The number of carbonyl (C=O) groups is 2. The van der Waals surface area contributed by atoms with Gasteiger partial charge in [-0.2, -0.15) is 9.78 Å². The summed E-state index contributed by atoms with van der Waals surface area (Å²) in [5.41, 5.74) is 2.96. The van der Waals surface area contributed by atoms with Gasteiger partial charge in [0.2, 0.25) is 0 Å². The van der Waals surface area contributed by atoms with Crippen molar-refractivity contribution in [3.63, 3.8) is 0 Å². The SMILES string of the molecule is CC(=O)c1ccn(C(=O)N2CCC(C)(N(C)Cc3cccc(C)c3)CC2)n1. The number of aromatic nitrogens is 2. The average molecular weight is 368 g/mol. The number of ketones is 1. The minimum atomic E-state index is -0.161. The maximum absolute atomic E-state index is 12.6. The van der Waals surface area contributed by atoms with E-state index in [0.29, 0.717) is 18.8 Å². The van der Waals surface area contributed by atoms with E-state index in [4.69, 9.17) is 0 Å². The van der Waals surface area contributed by atoms with Crippen molar-refractivity contribution in [3.05, 3.63) is 53.3 Å². The van der Waals surface area contributed by atoms with Crippen molar-refractivity contribution in [1.82, 2.24) is 19.6 Å². The third-order valence-corrected chi connectivity index (χ3v) is 5.68. The van der Waals surface area contributed by atoms with Crippen molar-refractivity contribution >= 4 is 11.8 Å². The molecule has 2 aromatic rings. The molecular formula is C21H28N4O2. The van der Waals surface area contributed by atoms with Crippen molar-refractivity contribution < 1.29 is 9.59 Å². The van der Waals surface area contributed by atoms with Crippen LogP contribution in [0.5, 0.6) is 0 Å². The van der Waals surface area contributed by atoms with Gasteiger partial charge in [-0.25, -0.2) is 4.79 Å². The fourth-order valence-corrected chi connectivity index (χ4v) is 3.60. The first-order valence-corrected chi connectivity index (χ1v) is 9.41.